The standard InChI is InChI=1S/C16H17ClN2O2/c1-18-16(21)9-12-4-2-3-5-14(12)19-10-11-6-7-15(20)13(17)8-11/h2-8,19-20H,9-10H2,1H3,(H,18,21). The molecule has 0 aliphatic carbocycles. The van der Waals surface area contributed by atoms with Gasteiger partial charge in [0.25, 0.3) is 0 Å². The highest BCUT2D eigenvalue weighted by molar-refractivity contribution is 6.32. The molecule has 2 aromatic carbocycles. The number of amides is 1. The second-order valence-electron chi connectivity index (χ2n) is 4.65. The third kappa shape index (κ3) is 4.13. The van der Waals surface area contributed by atoms with Crippen molar-refractivity contribution in [2.75, 3.05) is 12.4 Å². The van der Waals surface area contributed by atoms with Crippen molar-refractivity contribution >= 4 is 23.2 Å². The van der Waals surface area contributed by atoms with Gasteiger partial charge in [-0.15, -0.1) is 0 Å². The highest BCUT2D eigenvalue weighted by Gasteiger charge is 2.06. The molecular formula is C16H17ClN2O2. The van der Waals surface area contributed by atoms with Gasteiger partial charge in [0.2, 0.25) is 5.91 Å². The van der Waals surface area contributed by atoms with Crippen LogP contribution in [0.3, 0.4) is 0 Å². The molecule has 0 heterocycles. The van der Waals surface area contributed by atoms with Crippen molar-refractivity contribution in [3.05, 3.63) is 58.6 Å². The number of carbonyl (C=O) groups excluding carboxylic acids is 1. The van der Waals surface area contributed by atoms with E-state index in [9.17, 15) is 9.90 Å². The van der Waals surface area contributed by atoms with E-state index in [0.29, 0.717) is 18.0 Å². The van der Waals surface area contributed by atoms with E-state index in [2.05, 4.69) is 10.6 Å². The number of phenolic OH excluding ortho intramolecular Hbond substituents is 1. The number of para-hydroxylation sites is 1. The Bertz CT molecular complexity index is 644. The zero-order chi connectivity index (χ0) is 15.2. The first kappa shape index (κ1) is 15.2. The van der Waals surface area contributed by atoms with Crippen LogP contribution in [0.15, 0.2) is 42.5 Å². The minimum Gasteiger partial charge on any atom is -0.506 e. The van der Waals surface area contributed by atoms with E-state index >= 15 is 0 Å². The second-order valence-corrected chi connectivity index (χ2v) is 5.05. The lowest BCUT2D eigenvalue weighted by Crippen LogP contribution is -2.20. The van der Waals surface area contributed by atoms with Gasteiger partial charge in [0.05, 0.1) is 11.4 Å². The summed E-state index contributed by atoms with van der Waals surface area (Å²) >= 11 is 5.88. The van der Waals surface area contributed by atoms with Crippen LogP contribution in [0.2, 0.25) is 5.02 Å². The van der Waals surface area contributed by atoms with E-state index in [1.807, 2.05) is 24.3 Å². The predicted octanol–water partition coefficient (Wildman–Crippen LogP) is 2.95. The Morgan fingerprint density at radius 1 is 1.24 bits per heavy atom. The lowest BCUT2D eigenvalue weighted by Gasteiger charge is -2.12. The molecule has 0 unspecified atom stereocenters. The number of nitrogens with one attached hydrogen (secondary N) is 2. The summed E-state index contributed by atoms with van der Waals surface area (Å²) < 4.78 is 0. The molecule has 0 saturated carbocycles. The molecule has 2 rings (SSSR count). The van der Waals surface area contributed by atoms with Crippen molar-refractivity contribution in [1.82, 2.24) is 5.32 Å². The van der Waals surface area contributed by atoms with E-state index in [0.717, 1.165) is 16.8 Å². The highest BCUT2D eigenvalue weighted by atomic mass is 35.5. The average molecular weight is 305 g/mol. The van der Waals surface area contributed by atoms with Crippen LogP contribution in [0.4, 0.5) is 5.69 Å². The number of halogens is 1. The molecule has 0 radical (unpaired) electrons. The molecular weight excluding hydrogens is 288 g/mol. The topological polar surface area (TPSA) is 61.4 Å². The molecule has 5 heteroatoms. The summed E-state index contributed by atoms with van der Waals surface area (Å²) in [6, 6.07) is 12.7. The van der Waals surface area contributed by atoms with Crippen LogP contribution in [-0.2, 0) is 17.8 Å². The van der Waals surface area contributed by atoms with Crippen molar-refractivity contribution in [3.8, 4) is 5.75 Å². The maximum atomic E-state index is 11.5. The molecule has 0 aliphatic rings. The van der Waals surface area contributed by atoms with Crippen molar-refractivity contribution in [2.45, 2.75) is 13.0 Å². The van der Waals surface area contributed by atoms with Crippen LogP contribution in [0.5, 0.6) is 5.75 Å². The van der Waals surface area contributed by atoms with Gasteiger partial charge in [-0.2, -0.15) is 0 Å². The van der Waals surface area contributed by atoms with E-state index in [4.69, 9.17) is 11.6 Å². The van der Waals surface area contributed by atoms with Gasteiger partial charge in [-0.1, -0.05) is 35.9 Å². The number of carbonyl (C=O) groups is 1. The van der Waals surface area contributed by atoms with Gasteiger partial charge in [-0.05, 0) is 29.3 Å². The zero-order valence-electron chi connectivity index (χ0n) is 11.7. The number of rotatable bonds is 5. The van der Waals surface area contributed by atoms with Crippen molar-refractivity contribution < 1.29 is 9.90 Å². The summed E-state index contributed by atoms with van der Waals surface area (Å²) in [4.78, 5) is 11.5. The maximum absolute atomic E-state index is 11.5. The van der Waals surface area contributed by atoms with Crippen molar-refractivity contribution in [1.29, 1.82) is 0 Å². The van der Waals surface area contributed by atoms with Gasteiger partial charge in [-0.3, -0.25) is 4.79 Å². The molecule has 1 amide bonds. The Balaban J connectivity index is 2.09. The van der Waals surface area contributed by atoms with Gasteiger partial charge >= 0.3 is 0 Å². The Morgan fingerprint density at radius 2 is 2.00 bits per heavy atom. The molecule has 0 atom stereocenters. The van der Waals surface area contributed by atoms with Crippen LogP contribution in [0.25, 0.3) is 0 Å². The minimum atomic E-state index is -0.0306. The number of likely N-dealkylation sites (N-methyl/N-ethyl adjacent to an activating group) is 1. The van der Waals surface area contributed by atoms with Crippen molar-refractivity contribution in [2.24, 2.45) is 0 Å². The SMILES string of the molecule is CNC(=O)Cc1ccccc1NCc1ccc(O)c(Cl)c1. The average Bonchev–Trinajstić information content (AvgIpc) is 2.49. The Hall–Kier alpha value is -2.20. The molecule has 0 saturated heterocycles. The molecule has 3 N–H and O–H groups in total. The highest BCUT2D eigenvalue weighted by Crippen LogP contribution is 2.24. The first-order valence-electron chi connectivity index (χ1n) is 6.60. The van der Waals surface area contributed by atoms with Gasteiger partial charge in [-0.25, -0.2) is 0 Å². The van der Waals surface area contributed by atoms with Crippen LogP contribution < -0.4 is 10.6 Å². The Kier molecular flexibility index (Phi) is 5.06. The first-order chi connectivity index (χ1) is 10.1. The normalized spacial score (nSPS) is 10.2. The molecule has 0 aromatic heterocycles. The molecule has 0 aliphatic heterocycles. The Labute approximate surface area is 128 Å². The zero-order valence-corrected chi connectivity index (χ0v) is 12.4. The number of aromatic hydroxyl groups is 1. The summed E-state index contributed by atoms with van der Waals surface area (Å²) in [5, 5.41) is 15.6. The number of hydrogen-bond acceptors (Lipinski definition) is 3. The Morgan fingerprint density at radius 3 is 2.71 bits per heavy atom. The quantitative estimate of drug-likeness (QED) is 0.796. The molecule has 0 spiro atoms. The minimum absolute atomic E-state index is 0.0306. The summed E-state index contributed by atoms with van der Waals surface area (Å²) in [7, 11) is 1.62. The third-order valence-electron chi connectivity index (χ3n) is 3.14. The number of hydrogen-bond donors (Lipinski definition) is 3. The summed E-state index contributed by atoms with van der Waals surface area (Å²) in [6.45, 7) is 0.560. The number of benzene rings is 2. The second kappa shape index (κ2) is 6.99. The largest absolute Gasteiger partial charge is 0.506 e. The molecule has 110 valence electrons. The fourth-order valence-electron chi connectivity index (χ4n) is 1.97. The fraction of sp³-hybridized carbons (Fsp3) is 0.188. The van der Waals surface area contributed by atoms with Crippen molar-refractivity contribution in [3.63, 3.8) is 0 Å². The van der Waals surface area contributed by atoms with E-state index in [1.165, 1.54) is 0 Å². The third-order valence-corrected chi connectivity index (χ3v) is 3.44. The van der Waals surface area contributed by atoms with Gasteiger partial charge in [0, 0.05) is 19.3 Å². The lowest BCUT2D eigenvalue weighted by molar-refractivity contribution is -0.119. The molecule has 4 nitrogen and oxygen atoms in total. The van der Waals surface area contributed by atoms with E-state index in [1.54, 1.807) is 25.2 Å². The van der Waals surface area contributed by atoms with E-state index < -0.39 is 0 Å². The maximum Gasteiger partial charge on any atom is 0.224 e. The number of anilines is 1. The molecule has 2 aromatic rings. The van der Waals surface area contributed by atoms with Crippen LogP contribution >= 0.6 is 11.6 Å². The first-order valence-corrected chi connectivity index (χ1v) is 6.97. The fourth-order valence-corrected chi connectivity index (χ4v) is 2.17. The molecule has 21 heavy (non-hydrogen) atoms. The van der Waals surface area contributed by atoms with Crippen LogP contribution in [0.1, 0.15) is 11.1 Å². The summed E-state index contributed by atoms with van der Waals surface area (Å²) in [6.07, 6.45) is 0.329. The summed E-state index contributed by atoms with van der Waals surface area (Å²) in [5.41, 5.74) is 2.79. The van der Waals surface area contributed by atoms with Crippen LogP contribution in [-0.4, -0.2) is 18.1 Å². The van der Waals surface area contributed by atoms with Gasteiger partial charge in [0.1, 0.15) is 5.75 Å². The van der Waals surface area contributed by atoms with Gasteiger partial charge < -0.3 is 15.7 Å². The molecule has 0 fully saturated rings. The predicted molar refractivity (Wildman–Crippen MR) is 84.7 cm³/mol. The lowest BCUT2D eigenvalue weighted by atomic mass is 10.1. The van der Waals surface area contributed by atoms with Gasteiger partial charge in [0.15, 0.2) is 0 Å². The van der Waals surface area contributed by atoms with Crippen LogP contribution in [0, 0.1) is 0 Å². The monoisotopic (exact) mass is 304 g/mol. The smallest absolute Gasteiger partial charge is 0.224 e. The number of phenols is 1. The molecule has 0 bridgehead atoms. The van der Waals surface area contributed by atoms with E-state index in [-0.39, 0.29) is 11.7 Å². The summed E-state index contributed by atoms with van der Waals surface area (Å²) in [5.74, 6) is 0.0392.